The number of aliphatic hydroxyl groups is 2. The Balaban J connectivity index is 2.59. The lowest BCUT2D eigenvalue weighted by Crippen LogP contribution is -2.29. The van der Waals surface area contributed by atoms with Gasteiger partial charge in [-0.3, -0.25) is 0 Å². The molecule has 72 valence electrons. The van der Waals surface area contributed by atoms with E-state index in [4.69, 9.17) is 21.8 Å². The molecule has 3 nitrogen and oxygen atoms in total. The van der Waals surface area contributed by atoms with Crippen molar-refractivity contribution in [3.63, 3.8) is 0 Å². The lowest BCUT2D eigenvalue weighted by molar-refractivity contribution is -0.0491. The van der Waals surface area contributed by atoms with Gasteiger partial charge in [-0.05, 0) is 31.2 Å². The lowest BCUT2D eigenvalue weighted by atomic mass is 10.2. The Kier molecular flexibility index (Phi) is 3.54. The summed E-state index contributed by atoms with van der Waals surface area (Å²) in [5.74, 6) is 0. The molecule has 3 N–H and O–H groups in total. The second-order valence-electron chi connectivity index (χ2n) is 2.85. The number of benzene rings is 1. The zero-order chi connectivity index (χ0) is 9.84. The highest BCUT2D eigenvalue weighted by Gasteiger charge is 2.08. The minimum atomic E-state index is -1.37. The van der Waals surface area contributed by atoms with Crippen molar-refractivity contribution in [3.05, 3.63) is 29.3 Å². The maximum absolute atomic E-state index is 8.80. The first-order valence-corrected chi connectivity index (χ1v) is 4.35. The predicted octanol–water partition coefficient (Wildman–Crippen LogP) is 1.45. The van der Waals surface area contributed by atoms with Crippen LogP contribution in [0.3, 0.4) is 0 Å². The van der Waals surface area contributed by atoms with E-state index in [0.717, 1.165) is 5.69 Å². The molecule has 0 aliphatic rings. The van der Waals surface area contributed by atoms with Crippen LogP contribution in [0.4, 0.5) is 5.69 Å². The minimum absolute atomic E-state index is 0.402. The molecule has 0 aliphatic carbocycles. The van der Waals surface area contributed by atoms with Gasteiger partial charge in [-0.15, -0.1) is 0 Å². The van der Waals surface area contributed by atoms with Gasteiger partial charge in [0.15, 0.2) is 6.29 Å². The van der Waals surface area contributed by atoms with E-state index in [0.29, 0.717) is 5.02 Å². The zero-order valence-electron chi connectivity index (χ0n) is 7.24. The minimum Gasteiger partial charge on any atom is -0.377 e. The van der Waals surface area contributed by atoms with Gasteiger partial charge in [0.05, 0.1) is 6.04 Å². The molecule has 1 aromatic carbocycles. The molecule has 0 spiro atoms. The first-order valence-electron chi connectivity index (χ1n) is 3.98. The molecule has 0 heterocycles. The molecule has 13 heavy (non-hydrogen) atoms. The number of nitrogens with one attached hydrogen (secondary N) is 1. The van der Waals surface area contributed by atoms with E-state index in [1.54, 1.807) is 31.2 Å². The van der Waals surface area contributed by atoms with E-state index in [9.17, 15) is 0 Å². The van der Waals surface area contributed by atoms with Crippen LogP contribution in [0.5, 0.6) is 0 Å². The quantitative estimate of drug-likeness (QED) is 0.649. The summed E-state index contributed by atoms with van der Waals surface area (Å²) in [6, 6.07) is 6.63. The van der Waals surface area contributed by atoms with Crippen molar-refractivity contribution in [1.29, 1.82) is 0 Å². The number of rotatable bonds is 3. The van der Waals surface area contributed by atoms with Crippen LogP contribution in [0.15, 0.2) is 24.3 Å². The fourth-order valence-corrected chi connectivity index (χ4v) is 1.01. The molecular weight excluding hydrogens is 190 g/mol. The smallest absolute Gasteiger partial charge is 0.171 e. The lowest BCUT2D eigenvalue weighted by Gasteiger charge is -2.16. The molecule has 0 bridgehead atoms. The Morgan fingerprint density at radius 1 is 1.23 bits per heavy atom. The van der Waals surface area contributed by atoms with Gasteiger partial charge < -0.3 is 15.5 Å². The molecular formula is C9H12ClNO2. The molecule has 4 heteroatoms. The molecule has 0 unspecified atom stereocenters. The van der Waals surface area contributed by atoms with Gasteiger partial charge in [-0.1, -0.05) is 11.6 Å². The van der Waals surface area contributed by atoms with E-state index < -0.39 is 12.3 Å². The van der Waals surface area contributed by atoms with Gasteiger partial charge in [-0.25, -0.2) is 0 Å². The summed E-state index contributed by atoms with van der Waals surface area (Å²) >= 11 is 5.68. The van der Waals surface area contributed by atoms with Crippen LogP contribution < -0.4 is 5.32 Å². The molecule has 1 atom stereocenters. The maximum atomic E-state index is 8.80. The second-order valence-corrected chi connectivity index (χ2v) is 3.29. The van der Waals surface area contributed by atoms with Gasteiger partial charge in [-0.2, -0.15) is 0 Å². The van der Waals surface area contributed by atoms with Crippen LogP contribution in [0.25, 0.3) is 0 Å². The van der Waals surface area contributed by atoms with Gasteiger partial charge in [0.2, 0.25) is 0 Å². The van der Waals surface area contributed by atoms with Crippen molar-refractivity contribution in [2.24, 2.45) is 0 Å². The fourth-order valence-electron chi connectivity index (χ4n) is 0.884. The largest absolute Gasteiger partial charge is 0.377 e. The Labute approximate surface area is 82.0 Å². The van der Waals surface area contributed by atoms with Crippen molar-refractivity contribution in [2.75, 3.05) is 5.32 Å². The van der Waals surface area contributed by atoms with Crippen molar-refractivity contribution in [1.82, 2.24) is 0 Å². The van der Waals surface area contributed by atoms with E-state index in [-0.39, 0.29) is 0 Å². The van der Waals surface area contributed by atoms with Crippen LogP contribution in [0.1, 0.15) is 6.92 Å². The molecule has 0 amide bonds. The van der Waals surface area contributed by atoms with Crippen LogP contribution >= 0.6 is 11.6 Å². The summed E-state index contributed by atoms with van der Waals surface area (Å²) in [6.07, 6.45) is -1.37. The topological polar surface area (TPSA) is 52.5 Å². The molecule has 0 aliphatic heterocycles. The highest BCUT2D eigenvalue weighted by atomic mass is 35.5. The third-order valence-electron chi connectivity index (χ3n) is 1.69. The van der Waals surface area contributed by atoms with Crippen LogP contribution in [-0.2, 0) is 0 Å². The number of anilines is 1. The molecule has 1 rings (SSSR count). The highest BCUT2D eigenvalue weighted by Crippen LogP contribution is 2.14. The monoisotopic (exact) mass is 201 g/mol. The summed E-state index contributed by atoms with van der Waals surface area (Å²) < 4.78 is 0. The number of aliphatic hydroxyl groups excluding tert-OH is 1. The summed E-state index contributed by atoms with van der Waals surface area (Å²) in [4.78, 5) is 0. The molecule has 0 aromatic heterocycles. The first-order chi connectivity index (χ1) is 6.09. The first kappa shape index (κ1) is 10.3. The molecule has 0 saturated carbocycles. The number of hydrogen-bond donors (Lipinski definition) is 3. The summed E-state index contributed by atoms with van der Waals surface area (Å²) in [7, 11) is 0. The Morgan fingerprint density at radius 2 is 1.77 bits per heavy atom. The van der Waals surface area contributed by atoms with Crippen molar-refractivity contribution < 1.29 is 10.2 Å². The predicted molar refractivity (Wildman–Crippen MR) is 52.8 cm³/mol. The Morgan fingerprint density at radius 3 is 2.23 bits per heavy atom. The SMILES string of the molecule is C[C@H](Nc1ccc(Cl)cc1)C(O)O. The van der Waals surface area contributed by atoms with E-state index in [1.807, 2.05) is 0 Å². The third kappa shape index (κ3) is 3.22. The van der Waals surface area contributed by atoms with Crippen molar-refractivity contribution >= 4 is 17.3 Å². The van der Waals surface area contributed by atoms with Crippen LogP contribution in [0, 0.1) is 0 Å². The van der Waals surface area contributed by atoms with Gasteiger partial charge in [0.1, 0.15) is 0 Å². The molecule has 0 saturated heterocycles. The van der Waals surface area contributed by atoms with Gasteiger partial charge in [0, 0.05) is 10.7 Å². The Bertz CT molecular complexity index is 261. The summed E-state index contributed by atoms with van der Waals surface area (Å²) in [5, 5.41) is 21.2. The summed E-state index contributed by atoms with van der Waals surface area (Å²) in [6.45, 7) is 1.68. The highest BCUT2D eigenvalue weighted by molar-refractivity contribution is 6.30. The Hall–Kier alpha value is -0.770. The van der Waals surface area contributed by atoms with E-state index in [1.165, 1.54) is 0 Å². The molecule has 0 fully saturated rings. The third-order valence-corrected chi connectivity index (χ3v) is 1.94. The summed E-state index contributed by atoms with van der Waals surface area (Å²) in [5.41, 5.74) is 0.810. The van der Waals surface area contributed by atoms with Gasteiger partial charge >= 0.3 is 0 Å². The molecule has 0 radical (unpaired) electrons. The van der Waals surface area contributed by atoms with Crippen molar-refractivity contribution in [2.45, 2.75) is 19.3 Å². The van der Waals surface area contributed by atoms with Crippen LogP contribution in [-0.4, -0.2) is 22.5 Å². The van der Waals surface area contributed by atoms with E-state index >= 15 is 0 Å². The average Bonchev–Trinajstić information content (AvgIpc) is 2.08. The molecule has 1 aromatic rings. The zero-order valence-corrected chi connectivity index (χ0v) is 7.99. The second kappa shape index (κ2) is 4.46. The standard InChI is InChI=1S/C9H12ClNO2/c1-6(9(12)13)11-8-4-2-7(10)3-5-8/h2-6,9,11-13H,1H3/t6-/m0/s1. The van der Waals surface area contributed by atoms with E-state index in [2.05, 4.69) is 5.32 Å². The number of halogens is 1. The maximum Gasteiger partial charge on any atom is 0.171 e. The van der Waals surface area contributed by atoms with Crippen molar-refractivity contribution in [3.8, 4) is 0 Å². The number of hydrogen-bond acceptors (Lipinski definition) is 3. The van der Waals surface area contributed by atoms with Gasteiger partial charge in [0.25, 0.3) is 0 Å². The fraction of sp³-hybridized carbons (Fsp3) is 0.333. The normalized spacial score (nSPS) is 13.0. The average molecular weight is 202 g/mol. The van der Waals surface area contributed by atoms with Crippen LogP contribution in [0.2, 0.25) is 5.02 Å².